The number of aromatic nitrogens is 2. The normalized spacial score (nSPS) is 15.1. The number of hydrogen-bond donors (Lipinski definition) is 0. The summed E-state index contributed by atoms with van der Waals surface area (Å²) in [6.45, 7) is 4.30. The quantitative estimate of drug-likeness (QED) is 0.238. The number of rotatable bonds is 9. The van der Waals surface area contributed by atoms with Gasteiger partial charge in [-0.1, -0.05) is 0 Å². The molecule has 0 saturated carbocycles. The molecule has 194 valence electrons. The maximum Gasteiger partial charge on any atom is 0.203 e. The first-order valence-electron chi connectivity index (χ1n) is 12.2. The van der Waals surface area contributed by atoms with E-state index in [2.05, 4.69) is 63.1 Å². The lowest BCUT2D eigenvalue weighted by atomic mass is 10.1. The Hall–Kier alpha value is -3.30. The Kier molecular flexibility index (Phi) is 7.81. The van der Waals surface area contributed by atoms with E-state index in [1.807, 2.05) is 30.3 Å². The minimum atomic E-state index is 0.195. The van der Waals surface area contributed by atoms with E-state index in [1.54, 1.807) is 32.7 Å². The number of fused-ring (bicyclic) bond motifs is 1. The summed E-state index contributed by atoms with van der Waals surface area (Å²) in [7, 11) is 4.94. The molecule has 1 aliphatic heterocycles. The minimum absolute atomic E-state index is 0.195. The molecule has 5 rings (SSSR count). The summed E-state index contributed by atoms with van der Waals surface area (Å²) in [5.41, 5.74) is 3.54. The summed E-state index contributed by atoms with van der Waals surface area (Å²) in [5, 5.41) is 3.18. The van der Waals surface area contributed by atoms with Gasteiger partial charge in [0.15, 0.2) is 16.6 Å². The molecule has 0 radical (unpaired) electrons. The van der Waals surface area contributed by atoms with Crippen LogP contribution in [-0.2, 0) is 6.54 Å². The van der Waals surface area contributed by atoms with E-state index in [9.17, 15) is 0 Å². The summed E-state index contributed by atoms with van der Waals surface area (Å²) >= 11 is 3.49. The Morgan fingerprint density at radius 2 is 1.84 bits per heavy atom. The van der Waals surface area contributed by atoms with Crippen molar-refractivity contribution in [2.75, 3.05) is 39.4 Å². The zero-order valence-corrected chi connectivity index (χ0v) is 23.1. The lowest BCUT2D eigenvalue weighted by Gasteiger charge is -2.25. The van der Waals surface area contributed by atoms with Crippen LogP contribution in [0.2, 0.25) is 0 Å². The molecule has 3 heterocycles. The number of hydrogen-bond acceptors (Lipinski definition) is 8. The van der Waals surface area contributed by atoms with Crippen molar-refractivity contribution in [3.05, 3.63) is 71.5 Å². The van der Waals surface area contributed by atoms with Gasteiger partial charge in [-0.15, -0.1) is 23.1 Å². The van der Waals surface area contributed by atoms with E-state index >= 15 is 0 Å². The van der Waals surface area contributed by atoms with Gasteiger partial charge < -0.3 is 23.8 Å². The molecule has 0 unspecified atom stereocenters. The van der Waals surface area contributed by atoms with Crippen molar-refractivity contribution in [1.29, 1.82) is 0 Å². The fourth-order valence-electron chi connectivity index (χ4n) is 4.66. The Labute approximate surface area is 225 Å². The summed E-state index contributed by atoms with van der Waals surface area (Å²) in [6.07, 6.45) is 4.87. The highest BCUT2D eigenvalue weighted by atomic mass is 32.2. The van der Waals surface area contributed by atoms with Crippen LogP contribution >= 0.6 is 23.1 Å². The van der Waals surface area contributed by atoms with Crippen molar-refractivity contribution in [2.24, 2.45) is 0 Å². The highest BCUT2D eigenvalue weighted by molar-refractivity contribution is 7.99. The second kappa shape index (κ2) is 11.4. The van der Waals surface area contributed by atoms with Crippen molar-refractivity contribution < 1.29 is 18.9 Å². The predicted octanol–water partition coefficient (Wildman–Crippen LogP) is 6.60. The number of ether oxygens (including phenoxy) is 4. The third kappa shape index (κ3) is 5.24. The van der Waals surface area contributed by atoms with E-state index in [1.165, 1.54) is 16.3 Å². The average molecular weight is 538 g/mol. The third-order valence-electron chi connectivity index (χ3n) is 6.38. The van der Waals surface area contributed by atoms with Gasteiger partial charge >= 0.3 is 0 Å². The van der Waals surface area contributed by atoms with E-state index in [0.717, 1.165) is 36.0 Å². The van der Waals surface area contributed by atoms with Crippen LogP contribution in [0.25, 0.3) is 5.13 Å². The summed E-state index contributed by atoms with van der Waals surface area (Å²) < 4.78 is 24.9. The first-order valence-corrected chi connectivity index (χ1v) is 14.0. The molecule has 0 spiro atoms. The minimum Gasteiger partial charge on any atom is -0.494 e. The SMILES string of the molecule is CCOc1ccc2c(c1)S[C@@H](c1cc(OC)c(OC)c(OC)c1)CCN2Cc1cccn1-c1nccs1. The van der Waals surface area contributed by atoms with Crippen LogP contribution in [0.1, 0.15) is 29.9 Å². The zero-order chi connectivity index (χ0) is 25.8. The molecule has 9 heteroatoms. The maximum atomic E-state index is 5.87. The van der Waals surface area contributed by atoms with Crippen molar-refractivity contribution in [3.63, 3.8) is 0 Å². The van der Waals surface area contributed by atoms with Gasteiger partial charge in [0.05, 0.1) is 40.2 Å². The lowest BCUT2D eigenvalue weighted by molar-refractivity contribution is 0.323. The number of thiazole rings is 1. The Morgan fingerprint density at radius 3 is 2.51 bits per heavy atom. The highest BCUT2D eigenvalue weighted by Crippen LogP contribution is 2.49. The van der Waals surface area contributed by atoms with Crippen molar-refractivity contribution >= 4 is 28.8 Å². The summed E-state index contributed by atoms with van der Waals surface area (Å²) in [4.78, 5) is 8.16. The molecule has 0 aliphatic carbocycles. The van der Waals surface area contributed by atoms with Gasteiger partial charge in [-0.25, -0.2) is 4.98 Å². The van der Waals surface area contributed by atoms with Crippen LogP contribution in [0.15, 0.2) is 65.1 Å². The molecule has 0 saturated heterocycles. The number of anilines is 1. The van der Waals surface area contributed by atoms with Crippen LogP contribution in [0.3, 0.4) is 0 Å². The average Bonchev–Trinajstić information content (AvgIpc) is 3.58. The van der Waals surface area contributed by atoms with Crippen LogP contribution in [0, 0.1) is 0 Å². The first-order chi connectivity index (χ1) is 18.1. The van der Waals surface area contributed by atoms with Crippen molar-refractivity contribution in [2.45, 2.75) is 30.0 Å². The van der Waals surface area contributed by atoms with Gasteiger partial charge in [0, 0.05) is 40.2 Å². The van der Waals surface area contributed by atoms with Gasteiger partial charge in [0.1, 0.15) is 5.75 Å². The van der Waals surface area contributed by atoms with Crippen LogP contribution in [-0.4, -0.2) is 44.0 Å². The van der Waals surface area contributed by atoms with E-state index < -0.39 is 0 Å². The Morgan fingerprint density at radius 1 is 1.03 bits per heavy atom. The fourth-order valence-corrected chi connectivity index (χ4v) is 6.62. The number of thioether (sulfide) groups is 1. The number of benzene rings is 2. The second-order valence-electron chi connectivity index (χ2n) is 8.52. The smallest absolute Gasteiger partial charge is 0.203 e. The highest BCUT2D eigenvalue weighted by Gasteiger charge is 2.27. The van der Waals surface area contributed by atoms with Crippen LogP contribution in [0.4, 0.5) is 5.69 Å². The number of nitrogens with zero attached hydrogens (tertiary/aromatic N) is 3. The molecular formula is C28H31N3O4S2. The summed E-state index contributed by atoms with van der Waals surface area (Å²) in [5.74, 6) is 2.83. The first kappa shape index (κ1) is 25.4. The van der Waals surface area contributed by atoms with Crippen molar-refractivity contribution in [3.8, 4) is 28.1 Å². The third-order valence-corrected chi connectivity index (χ3v) is 8.53. The maximum absolute atomic E-state index is 5.87. The van der Waals surface area contributed by atoms with E-state index in [-0.39, 0.29) is 5.25 Å². The summed E-state index contributed by atoms with van der Waals surface area (Å²) in [6, 6.07) is 14.8. The standard InChI is InChI=1S/C28H31N3O4S2/c1-5-35-21-8-9-22-26(17-21)37-25(19-15-23(32-2)27(34-4)24(16-19)33-3)10-13-30(22)18-20-7-6-12-31(20)28-29-11-14-36-28/h6-9,11-12,14-17,25H,5,10,13,18H2,1-4H3/t25-/m1/s1. The molecule has 1 aliphatic rings. The number of methoxy groups -OCH3 is 3. The lowest BCUT2D eigenvalue weighted by Crippen LogP contribution is -2.25. The van der Waals surface area contributed by atoms with Crippen LogP contribution in [0.5, 0.6) is 23.0 Å². The molecule has 4 aromatic rings. The van der Waals surface area contributed by atoms with Gasteiger partial charge in [-0.3, -0.25) is 4.57 Å². The van der Waals surface area contributed by atoms with Gasteiger partial charge in [0.25, 0.3) is 0 Å². The molecule has 0 bridgehead atoms. The molecule has 7 nitrogen and oxygen atoms in total. The zero-order valence-electron chi connectivity index (χ0n) is 21.5. The molecule has 0 fully saturated rings. The molecule has 37 heavy (non-hydrogen) atoms. The largest absolute Gasteiger partial charge is 0.494 e. The molecule has 2 aromatic heterocycles. The monoisotopic (exact) mass is 537 g/mol. The molecular weight excluding hydrogens is 506 g/mol. The van der Waals surface area contributed by atoms with Gasteiger partial charge in [0.2, 0.25) is 5.75 Å². The van der Waals surface area contributed by atoms with Crippen molar-refractivity contribution in [1.82, 2.24) is 9.55 Å². The molecule has 0 N–H and O–H groups in total. The van der Waals surface area contributed by atoms with E-state index in [4.69, 9.17) is 18.9 Å². The second-order valence-corrected chi connectivity index (χ2v) is 10.6. The molecule has 0 amide bonds. The topological polar surface area (TPSA) is 58.0 Å². The van der Waals surface area contributed by atoms with Crippen LogP contribution < -0.4 is 23.8 Å². The molecule has 1 atom stereocenters. The Bertz CT molecular complexity index is 1310. The van der Waals surface area contributed by atoms with E-state index in [0.29, 0.717) is 23.9 Å². The Balaban J connectivity index is 1.51. The predicted molar refractivity (Wildman–Crippen MR) is 149 cm³/mol. The van der Waals surface area contributed by atoms with Gasteiger partial charge in [-0.2, -0.15) is 0 Å². The molecule has 2 aromatic carbocycles. The van der Waals surface area contributed by atoms with Gasteiger partial charge in [-0.05, 0) is 61.4 Å². The fraction of sp³-hybridized carbons (Fsp3) is 0.321.